The molecule has 0 aliphatic carbocycles. The molecule has 132 valence electrons. The molecule has 0 atom stereocenters. The second-order valence-corrected chi connectivity index (χ2v) is 8.15. The largest absolute Gasteiger partial charge is 0.484 e. The summed E-state index contributed by atoms with van der Waals surface area (Å²) in [6.07, 6.45) is 1.24. The zero-order chi connectivity index (χ0) is 17.6. The van der Waals surface area contributed by atoms with Crippen LogP contribution in [0, 0.1) is 11.6 Å². The normalized spacial score (nSPS) is 15.0. The predicted octanol–water partition coefficient (Wildman–Crippen LogP) is 4.85. The van der Waals surface area contributed by atoms with Gasteiger partial charge in [-0.15, -0.1) is 23.5 Å². The Morgan fingerprint density at radius 1 is 1.08 bits per heavy atom. The van der Waals surface area contributed by atoms with Crippen LogP contribution in [0.25, 0.3) is 0 Å². The number of hydrogen-bond acceptors (Lipinski definition) is 4. The fourth-order valence-corrected chi connectivity index (χ4v) is 5.24. The van der Waals surface area contributed by atoms with E-state index < -0.39 is 23.2 Å². The molecule has 1 heterocycles. The second kappa shape index (κ2) is 8.58. The molecule has 3 nitrogen and oxygen atoms in total. The maximum atomic E-state index is 13.5. The van der Waals surface area contributed by atoms with E-state index in [1.807, 2.05) is 47.8 Å². The minimum atomic E-state index is -0.819. The topological polar surface area (TPSA) is 38.3 Å². The third kappa shape index (κ3) is 4.89. The molecule has 1 aliphatic heterocycles. The van der Waals surface area contributed by atoms with E-state index in [0.717, 1.165) is 12.1 Å². The molecule has 0 radical (unpaired) electrons. The number of ether oxygens (including phenoxy) is 1. The molecule has 25 heavy (non-hydrogen) atoms. The first-order chi connectivity index (χ1) is 12.1. The Balaban J connectivity index is 1.53. The number of carbonyl (C=O) groups excluding carboxylic acids is 1. The highest BCUT2D eigenvalue weighted by molar-refractivity contribution is 8.16. The summed E-state index contributed by atoms with van der Waals surface area (Å²) in [4.78, 5) is 11.8. The lowest BCUT2D eigenvalue weighted by Crippen LogP contribution is -2.21. The van der Waals surface area contributed by atoms with E-state index in [0.29, 0.717) is 10.3 Å². The Morgan fingerprint density at radius 2 is 1.72 bits per heavy atom. The summed E-state index contributed by atoms with van der Waals surface area (Å²) < 4.78 is 32.8. The number of benzene rings is 2. The van der Waals surface area contributed by atoms with Gasteiger partial charge in [-0.05, 0) is 47.8 Å². The van der Waals surface area contributed by atoms with E-state index in [1.165, 1.54) is 29.6 Å². The minimum absolute atomic E-state index is 0.319. The number of hydrogen-bond donors (Lipinski definition) is 1. The zero-order valence-electron chi connectivity index (χ0n) is 13.3. The minimum Gasteiger partial charge on any atom is -0.484 e. The van der Waals surface area contributed by atoms with Gasteiger partial charge in [0.1, 0.15) is 23.1 Å². The first-order valence-corrected chi connectivity index (χ1v) is 9.93. The van der Waals surface area contributed by atoms with Crippen molar-refractivity contribution in [1.82, 2.24) is 0 Å². The Hall–Kier alpha value is -1.73. The molecule has 0 aromatic heterocycles. The molecule has 0 saturated carbocycles. The third-order valence-electron chi connectivity index (χ3n) is 3.58. The summed E-state index contributed by atoms with van der Waals surface area (Å²) in [6, 6.07) is 11.0. The number of amides is 1. The van der Waals surface area contributed by atoms with Gasteiger partial charge in [-0.3, -0.25) is 4.79 Å². The summed E-state index contributed by atoms with van der Waals surface area (Å²) in [6.45, 7) is -0.319. The first kappa shape index (κ1) is 18.1. The fourth-order valence-electron chi connectivity index (χ4n) is 2.34. The number of carbonyl (C=O) groups is 1. The lowest BCUT2D eigenvalue weighted by molar-refractivity contribution is -0.118. The predicted molar refractivity (Wildman–Crippen MR) is 99.2 cm³/mol. The Labute approximate surface area is 153 Å². The van der Waals surface area contributed by atoms with Gasteiger partial charge in [0.2, 0.25) is 0 Å². The SMILES string of the molecule is O=C(COc1ccc(C2SCCCS2)cc1)Nc1c(F)cccc1F. The van der Waals surface area contributed by atoms with Gasteiger partial charge in [-0.2, -0.15) is 0 Å². The van der Waals surface area contributed by atoms with Crippen LogP contribution in [0.5, 0.6) is 5.75 Å². The van der Waals surface area contributed by atoms with Gasteiger partial charge in [0.25, 0.3) is 5.91 Å². The fraction of sp³-hybridized carbons (Fsp3) is 0.278. The van der Waals surface area contributed by atoms with Crippen molar-refractivity contribution < 1.29 is 18.3 Å². The zero-order valence-corrected chi connectivity index (χ0v) is 15.0. The van der Waals surface area contributed by atoms with E-state index >= 15 is 0 Å². The smallest absolute Gasteiger partial charge is 0.262 e. The molecular formula is C18H17F2NO2S2. The maximum Gasteiger partial charge on any atom is 0.262 e. The van der Waals surface area contributed by atoms with Crippen LogP contribution in [0.4, 0.5) is 14.5 Å². The molecule has 1 N–H and O–H groups in total. The van der Waals surface area contributed by atoms with E-state index in [9.17, 15) is 13.6 Å². The van der Waals surface area contributed by atoms with Crippen LogP contribution < -0.4 is 10.1 Å². The van der Waals surface area contributed by atoms with Crippen LogP contribution in [0.15, 0.2) is 42.5 Å². The molecule has 0 spiro atoms. The van der Waals surface area contributed by atoms with Crippen LogP contribution in [-0.2, 0) is 4.79 Å². The molecule has 1 saturated heterocycles. The monoisotopic (exact) mass is 381 g/mol. The number of nitrogens with one attached hydrogen (secondary N) is 1. The van der Waals surface area contributed by atoms with E-state index in [1.54, 1.807) is 0 Å². The number of halogens is 2. The van der Waals surface area contributed by atoms with Crippen molar-refractivity contribution in [3.8, 4) is 5.75 Å². The van der Waals surface area contributed by atoms with E-state index in [2.05, 4.69) is 5.32 Å². The van der Waals surface area contributed by atoms with Gasteiger partial charge in [-0.1, -0.05) is 18.2 Å². The molecule has 0 bridgehead atoms. The van der Waals surface area contributed by atoms with Gasteiger partial charge in [-0.25, -0.2) is 8.78 Å². The number of para-hydroxylation sites is 1. The van der Waals surface area contributed by atoms with Crippen molar-refractivity contribution in [3.63, 3.8) is 0 Å². The van der Waals surface area contributed by atoms with Gasteiger partial charge in [0.15, 0.2) is 6.61 Å². The van der Waals surface area contributed by atoms with Crippen LogP contribution >= 0.6 is 23.5 Å². The number of rotatable bonds is 5. The van der Waals surface area contributed by atoms with Crippen LogP contribution in [0.1, 0.15) is 16.6 Å². The standard InChI is InChI=1S/C18H17F2NO2S2/c19-14-3-1-4-15(20)17(14)21-16(22)11-23-13-7-5-12(6-8-13)18-24-9-2-10-25-18/h1,3-8,18H,2,9-11H2,(H,21,22). The highest BCUT2D eigenvalue weighted by Gasteiger charge is 2.16. The van der Waals surface area contributed by atoms with E-state index in [4.69, 9.17) is 4.74 Å². The Kier molecular flexibility index (Phi) is 6.20. The molecule has 1 aliphatic rings. The van der Waals surface area contributed by atoms with Gasteiger partial charge >= 0.3 is 0 Å². The lowest BCUT2D eigenvalue weighted by atomic mass is 10.2. The van der Waals surface area contributed by atoms with Gasteiger partial charge in [0.05, 0.1) is 4.58 Å². The third-order valence-corrected chi connectivity index (χ3v) is 6.59. The summed E-state index contributed by atoms with van der Waals surface area (Å²) in [5.41, 5.74) is 0.762. The molecule has 3 rings (SSSR count). The van der Waals surface area contributed by atoms with Gasteiger partial charge in [0, 0.05) is 0 Å². The van der Waals surface area contributed by atoms with Crippen molar-refractivity contribution in [3.05, 3.63) is 59.7 Å². The second-order valence-electron chi connectivity index (χ2n) is 5.43. The number of thioether (sulfide) groups is 2. The van der Waals surface area contributed by atoms with E-state index in [-0.39, 0.29) is 6.61 Å². The average molecular weight is 381 g/mol. The average Bonchev–Trinajstić information content (AvgIpc) is 2.64. The molecular weight excluding hydrogens is 364 g/mol. The van der Waals surface area contributed by atoms with Crippen LogP contribution in [0.2, 0.25) is 0 Å². The highest BCUT2D eigenvalue weighted by atomic mass is 32.2. The van der Waals surface area contributed by atoms with Crippen molar-refractivity contribution in [1.29, 1.82) is 0 Å². The van der Waals surface area contributed by atoms with Crippen molar-refractivity contribution in [2.75, 3.05) is 23.4 Å². The Morgan fingerprint density at radius 3 is 2.36 bits per heavy atom. The summed E-state index contributed by atoms with van der Waals surface area (Å²) in [5, 5.41) is 2.19. The summed E-state index contributed by atoms with van der Waals surface area (Å²) in [5.74, 6) is 0.622. The quantitative estimate of drug-likeness (QED) is 0.803. The van der Waals surface area contributed by atoms with Crippen molar-refractivity contribution in [2.24, 2.45) is 0 Å². The molecule has 2 aromatic rings. The number of anilines is 1. The van der Waals surface area contributed by atoms with Gasteiger partial charge < -0.3 is 10.1 Å². The van der Waals surface area contributed by atoms with Crippen molar-refractivity contribution in [2.45, 2.75) is 11.0 Å². The molecule has 2 aromatic carbocycles. The first-order valence-electron chi connectivity index (χ1n) is 7.83. The maximum absolute atomic E-state index is 13.5. The lowest BCUT2D eigenvalue weighted by Gasteiger charge is -2.21. The summed E-state index contributed by atoms with van der Waals surface area (Å²) in [7, 11) is 0. The molecule has 7 heteroatoms. The highest BCUT2D eigenvalue weighted by Crippen LogP contribution is 2.43. The molecule has 1 fully saturated rings. The molecule has 1 amide bonds. The molecule has 0 unspecified atom stereocenters. The van der Waals surface area contributed by atoms with Crippen LogP contribution in [-0.4, -0.2) is 24.0 Å². The summed E-state index contributed by atoms with van der Waals surface area (Å²) >= 11 is 3.86. The van der Waals surface area contributed by atoms with Crippen molar-refractivity contribution >= 4 is 35.1 Å². The van der Waals surface area contributed by atoms with Crippen LogP contribution in [0.3, 0.4) is 0 Å². The Bertz CT molecular complexity index is 714.